The van der Waals surface area contributed by atoms with Gasteiger partial charge >= 0.3 is 5.97 Å². The van der Waals surface area contributed by atoms with Gasteiger partial charge < -0.3 is 9.84 Å². The molecule has 0 fully saturated rings. The number of ether oxygens (including phenoxy) is 1. The van der Waals surface area contributed by atoms with Gasteiger partial charge in [-0.05, 0) is 37.6 Å². The summed E-state index contributed by atoms with van der Waals surface area (Å²) < 4.78 is 5.50. The highest BCUT2D eigenvalue weighted by atomic mass is 35.5. The smallest absolute Gasteiger partial charge is 0.347 e. The lowest BCUT2D eigenvalue weighted by Crippen LogP contribution is -2.41. The Bertz CT molecular complexity index is 361. The summed E-state index contributed by atoms with van der Waals surface area (Å²) in [5, 5.41) is 9.73. The Morgan fingerprint density at radius 3 is 2.44 bits per heavy atom. The molecule has 0 amide bonds. The van der Waals surface area contributed by atoms with Crippen molar-refractivity contribution in [2.45, 2.75) is 32.3 Å². The SMILES string of the molecule is CCCC(C)(Oc1ccc(Cl)cc1)C(=O)O. The average Bonchev–Trinajstić information content (AvgIpc) is 2.22. The summed E-state index contributed by atoms with van der Waals surface area (Å²) in [6.07, 6.45) is 1.21. The van der Waals surface area contributed by atoms with E-state index < -0.39 is 11.6 Å². The molecule has 0 radical (unpaired) electrons. The van der Waals surface area contributed by atoms with Gasteiger partial charge in [0.25, 0.3) is 0 Å². The summed E-state index contributed by atoms with van der Waals surface area (Å²) >= 11 is 5.73. The highest BCUT2D eigenvalue weighted by Gasteiger charge is 2.34. The molecule has 3 nitrogen and oxygen atoms in total. The minimum Gasteiger partial charge on any atom is -0.478 e. The zero-order chi connectivity index (χ0) is 12.2. The van der Waals surface area contributed by atoms with Crippen LogP contribution in [0.25, 0.3) is 0 Å². The minimum atomic E-state index is -1.18. The zero-order valence-electron chi connectivity index (χ0n) is 9.37. The van der Waals surface area contributed by atoms with Crippen molar-refractivity contribution in [2.24, 2.45) is 0 Å². The number of carboxylic acid groups (broad SMARTS) is 1. The van der Waals surface area contributed by atoms with Gasteiger partial charge in [0.2, 0.25) is 5.60 Å². The lowest BCUT2D eigenvalue weighted by molar-refractivity contribution is -0.154. The number of benzene rings is 1. The first-order valence-corrected chi connectivity index (χ1v) is 5.53. The molecule has 0 spiro atoms. The van der Waals surface area contributed by atoms with Crippen LogP contribution in [0.3, 0.4) is 0 Å². The number of hydrogen-bond donors (Lipinski definition) is 1. The maximum absolute atomic E-state index is 11.1. The molecular weight excluding hydrogens is 228 g/mol. The van der Waals surface area contributed by atoms with Gasteiger partial charge in [-0.25, -0.2) is 4.79 Å². The molecule has 0 aromatic heterocycles. The summed E-state index contributed by atoms with van der Waals surface area (Å²) in [7, 11) is 0. The molecule has 88 valence electrons. The van der Waals surface area contributed by atoms with Crippen molar-refractivity contribution in [1.82, 2.24) is 0 Å². The predicted octanol–water partition coefficient (Wildman–Crippen LogP) is 3.36. The molecule has 0 aliphatic heterocycles. The summed E-state index contributed by atoms with van der Waals surface area (Å²) in [6, 6.07) is 6.68. The van der Waals surface area contributed by atoms with Crippen molar-refractivity contribution in [3.8, 4) is 5.75 Å². The first-order valence-electron chi connectivity index (χ1n) is 5.16. The molecule has 0 saturated heterocycles. The monoisotopic (exact) mass is 242 g/mol. The van der Waals surface area contributed by atoms with Crippen LogP contribution >= 0.6 is 11.6 Å². The zero-order valence-corrected chi connectivity index (χ0v) is 10.1. The van der Waals surface area contributed by atoms with Crippen molar-refractivity contribution in [3.63, 3.8) is 0 Å². The molecule has 0 bridgehead atoms. The lowest BCUT2D eigenvalue weighted by Gasteiger charge is -2.25. The van der Waals surface area contributed by atoms with Crippen LogP contribution in [0.1, 0.15) is 26.7 Å². The van der Waals surface area contributed by atoms with Gasteiger partial charge in [-0.2, -0.15) is 0 Å². The Hall–Kier alpha value is -1.22. The minimum absolute atomic E-state index is 0.463. The van der Waals surface area contributed by atoms with Crippen LogP contribution in [-0.2, 0) is 4.79 Å². The Balaban J connectivity index is 2.83. The number of carboxylic acids is 1. The van der Waals surface area contributed by atoms with Gasteiger partial charge in [0.1, 0.15) is 5.75 Å². The van der Waals surface area contributed by atoms with Crippen LogP contribution < -0.4 is 4.74 Å². The molecule has 1 rings (SSSR count). The highest BCUT2D eigenvalue weighted by molar-refractivity contribution is 6.30. The third kappa shape index (κ3) is 3.14. The maximum Gasteiger partial charge on any atom is 0.347 e. The fourth-order valence-electron chi connectivity index (χ4n) is 1.44. The Morgan fingerprint density at radius 2 is 2.00 bits per heavy atom. The molecule has 1 N–H and O–H groups in total. The van der Waals surface area contributed by atoms with Crippen molar-refractivity contribution in [1.29, 1.82) is 0 Å². The van der Waals surface area contributed by atoms with Crippen molar-refractivity contribution < 1.29 is 14.6 Å². The third-order valence-corrected chi connectivity index (χ3v) is 2.59. The van der Waals surface area contributed by atoms with Crippen LogP contribution in [0, 0.1) is 0 Å². The molecule has 0 aliphatic carbocycles. The molecule has 4 heteroatoms. The van der Waals surface area contributed by atoms with E-state index in [9.17, 15) is 4.79 Å². The number of hydrogen-bond acceptors (Lipinski definition) is 2. The molecule has 1 atom stereocenters. The maximum atomic E-state index is 11.1. The fraction of sp³-hybridized carbons (Fsp3) is 0.417. The molecule has 0 aliphatic rings. The highest BCUT2D eigenvalue weighted by Crippen LogP contribution is 2.24. The van der Waals surface area contributed by atoms with Crippen molar-refractivity contribution >= 4 is 17.6 Å². The number of halogens is 1. The lowest BCUT2D eigenvalue weighted by atomic mass is 10.0. The van der Waals surface area contributed by atoms with Crippen LogP contribution in [0.15, 0.2) is 24.3 Å². The van der Waals surface area contributed by atoms with Crippen LogP contribution in [-0.4, -0.2) is 16.7 Å². The Kier molecular flexibility index (Phi) is 4.19. The van der Waals surface area contributed by atoms with Crippen LogP contribution in [0.5, 0.6) is 5.75 Å². The largest absolute Gasteiger partial charge is 0.478 e. The van der Waals surface area contributed by atoms with Gasteiger partial charge in [0.05, 0.1) is 0 Å². The fourth-order valence-corrected chi connectivity index (χ4v) is 1.57. The van der Waals surface area contributed by atoms with Gasteiger partial charge in [-0.15, -0.1) is 0 Å². The summed E-state index contributed by atoms with van der Waals surface area (Å²) in [4.78, 5) is 11.1. The van der Waals surface area contributed by atoms with E-state index in [1.165, 1.54) is 0 Å². The van der Waals surface area contributed by atoms with Gasteiger partial charge in [0, 0.05) is 5.02 Å². The van der Waals surface area contributed by atoms with E-state index in [-0.39, 0.29) is 0 Å². The summed E-state index contributed by atoms with van der Waals surface area (Å²) in [6.45, 7) is 3.50. The number of carbonyl (C=O) groups is 1. The molecule has 0 saturated carbocycles. The summed E-state index contributed by atoms with van der Waals surface area (Å²) in [5.41, 5.74) is -1.18. The van der Waals surface area contributed by atoms with E-state index in [1.54, 1.807) is 31.2 Å². The predicted molar refractivity (Wildman–Crippen MR) is 63.0 cm³/mol. The topological polar surface area (TPSA) is 46.5 Å². The third-order valence-electron chi connectivity index (χ3n) is 2.34. The first kappa shape index (κ1) is 12.8. The molecule has 1 aromatic carbocycles. The molecule has 16 heavy (non-hydrogen) atoms. The van der Waals surface area contributed by atoms with Crippen molar-refractivity contribution in [3.05, 3.63) is 29.3 Å². The van der Waals surface area contributed by atoms with Crippen LogP contribution in [0.4, 0.5) is 0 Å². The summed E-state index contributed by atoms with van der Waals surface area (Å²) in [5.74, 6) is -0.438. The number of aliphatic carboxylic acids is 1. The van der Waals surface area contributed by atoms with Gasteiger partial charge in [-0.3, -0.25) is 0 Å². The molecular formula is C12H15ClO3. The second-order valence-corrected chi connectivity index (χ2v) is 4.28. The number of rotatable bonds is 5. The van der Waals surface area contributed by atoms with Crippen LogP contribution in [0.2, 0.25) is 5.02 Å². The quantitative estimate of drug-likeness (QED) is 0.861. The Morgan fingerprint density at radius 1 is 1.44 bits per heavy atom. The van der Waals surface area contributed by atoms with E-state index in [4.69, 9.17) is 21.4 Å². The molecule has 1 unspecified atom stereocenters. The van der Waals surface area contributed by atoms with Crippen molar-refractivity contribution in [2.75, 3.05) is 0 Å². The molecule has 0 heterocycles. The standard InChI is InChI=1S/C12H15ClO3/c1-3-8-12(2,11(14)15)16-10-6-4-9(13)5-7-10/h4-7H,3,8H2,1-2H3,(H,14,15). The first-order chi connectivity index (χ1) is 7.48. The van der Waals surface area contributed by atoms with E-state index >= 15 is 0 Å². The second-order valence-electron chi connectivity index (χ2n) is 3.84. The normalized spacial score (nSPS) is 14.2. The Labute approximate surface area is 100.0 Å². The van der Waals surface area contributed by atoms with E-state index in [2.05, 4.69) is 0 Å². The van der Waals surface area contributed by atoms with E-state index in [1.807, 2.05) is 6.92 Å². The average molecular weight is 243 g/mol. The van der Waals surface area contributed by atoms with E-state index in [0.717, 1.165) is 6.42 Å². The van der Waals surface area contributed by atoms with Gasteiger partial charge in [-0.1, -0.05) is 24.9 Å². The molecule has 1 aromatic rings. The van der Waals surface area contributed by atoms with Gasteiger partial charge in [0.15, 0.2) is 0 Å². The second kappa shape index (κ2) is 5.21. The van der Waals surface area contributed by atoms with E-state index in [0.29, 0.717) is 17.2 Å².